The van der Waals surface area contributed by atoms with Gasteiger partial charge in [0.1, 0.15) is 0 Å². The van der Waals surface area contributed by atoms with Crippen molar-refractivity contribution >= 4 is 49.2 Å². The first-order valence-corrected chi connectivity index (χ1v) is 18.9. The van der Waals surface area contributed by atoms with Crippen LogP contribution in [0, 0.1) is 13.8 Å². The van der Waals surface area contributed by atoms with Crippen LogP contribution in [0.15, 0.2) is 164 Å². The molecule has 0 saturated heterocycles. The Balaban J connectivity index is 1.22. The quantitative estimate of drug-likeness (QED) is 0.116. The summed E-state index contributed by atoms with van der Waals surface area (Å²) in [4.78, 5) is 0. The monoisotopic (exact) mass is 678 g/mol. The van der Waals surface area contributed by atoms with Crippen molar-refractivity contribution in [2.24, 2.45) is 0 Å². The summed E-state index contributed by atoms with van der Waals surface area (Å²) in [5.74, 6) is 0. The molecule has 0 aromatic heterocycles. The molecule has 0 bridgehead atoms. The second-order valence-corrected chi connectivity index (χ2v) is 14.4. The average Bonchev–Trinajstić information content (AvgIpc) is 3.21. The van der Waals surface area contributed by atoms with Gasteiger partial charge in [-0.05, 0) is 148 Å². The summed E-state index contributed by atoms with van der Waals surface area (Å²) in [6.07, 6.45) is 4.17. The van der Waals surface area contributed by atoms with Gasteiger partial charge >= 0.3 is 0 Å². The summed E-state index contributed by atoms with van der Waals surface area (Å²) in [6.45, 7) is 10.9. The topological polar surface area (TPSA) is 0 Å². The third-order valence-corrected chi connectivity index (χ3v) is 11.4. The highest BCUT2D eigenvalue weighted by Crippen LogP contribution is 2.45. The van der Waals surface area contributed by atoms with Gasteiger partial charge in [-0.1, -0.05) is 166 Å². The van der Waals surface area contributed by atoms with Crippen molar-refractivity contribution in [3.05, 3.63) is 187 Å². The molecule has 0 aliphatic carbocycles. The zero-order chi connectivity index (χ0) is 36.1. The summed E-state index contributed by atoms with van der Waals surface area (Å²) < 4.78 is 0. The molecule has 53 heavy (non-hydrogen) atoms. The lowest BCUT2D eigenvalue weighted by Gasteiger charge is -2.20. The van der Waals surface area contributed by atoms with Crippen LogP contribution in [0.25, 0.3) is 93.7 Å². The largest absolute Gasteiger partial charge is 0.0985 e. The molecule has 0 aliphatic rings. The number of hydrogen-bond donors (Lipinski definition) is 0. The summed E-state index contributed by atoms with van der Waals surface area (Å²) in [6, 6.07) is 58.6. The Morgan fingerprint density at radius 1 is 0.434 bits per heavy atom. The van der Waals surface area contributed by atoms with Crippen LogP contribution in [0.2, 0.25) is 0 Å². The molecule has 0 radical (unpaired) electrons. The predicted octanol–water partition coefficient (Wildman–Crippen LogP) is 15.2. The number of rotatable bonds is 7. The van der Waals surface area contributed by atoms with Gasteiger partial charge in [0.25, 0.3) is 0 Å². The first-order valence-electron chi connectivity index (χ1n) is 18.9. The Bertz CT molecular complexity index is 2810. The molecule has 0 amide bonds. The van der Waals surface area contributed by atoms with E-state index in [1.54, 1.807) is 0 Å². The highest BCUT2D eigenvalue weighted by Gasteiger charge is 2.19. The summed E-state index contributed by atoms with van der Waals surface area (Å²) in [5, 5.41) is 10.2. The smallest absolute Gasteiger partial charge is 0.00262 e. The van der Waals surface area contributed by atoms with Gasteiger partial charge in [0.2, 0.25) is 0 Å². The highest BCUT2D eigenvalue weighted by atomic mass is 14.2. The van der Waals surface area contributed by atoms with Gasteiger partial charge in [-0.3, -0.25) is 0 Å². The molecule has 0 atom stereocenters. The fraction of sp³-hybridized carbons (Fsp3) is 0.0943. The SMILES string of the molecule is C=Cc1cc(-c2cccc(-c3c4ccccc4c(-c4ccc(-c5cc6ccccc6c6ccccc56)cc4)c4ccccc34)c2)c(CCC)c(C)c1C. The normalized spacial score (nSPS) is 11.5. The molecule has 9 aromatic rings. The Morgan fingerprint density at radius 2 is 0.962 bits per heavy atom. The van der Waals surface area contributed by atoms with Crippen molar-refractivity contribution in [2.45, 2.75) is 33.6 Å². The Morgan fingerprint density at radius 3 is 1.58 bits per heavy atom. The van der Waals surface area contributed by atoms with E-state index in [2.05, 4.69) is 185 Å². The maximum absolute atomic E-state index is 4.15. The number of benzene rings is 9. The molecule has 0 saturated carbocycles. The Labute approximate surface area is 312 Å². The maximum Gasteiger partial charge on any atom is -0.00262 e. The minimum atomic E-state index is 1.06. The second kappa shape index (κ2) is 13.4. The van der Waals surface area contributed by atoms with Crippen LogP contribution in [0.5, 0.6) is 0 Å². The molecule has 0 spiro atoms. The first-order chi connectivity index (χ1) is 26.1. The molecule has 0 heterocycles. The van der Waals surface area contributed by atoms with Crippen LogP contribution in [-0.2, 0) is 6.42 Å². The number of fused-ring (bicyclic) bond motifs is 5. The van der Waals surface area contributed by atoms with Crippen LogP contribution in [-0.4, -0.2) is 0 Å². The van der Waals surface area contributed by atoms with Crippen molar-refractivity contribution in [3.8, 4) is 44.5 Å². The molecule has 0 N–H and O–H groups in total. The minimum absolute atomic E-state index is 1.06. The lowest BCUT2D eigenvalue weighted by molar-refractivity contribution is 0.911. The highest BCUT2D eigenvalue weighted by molar-refractivity contribution is 6.21. The van der Waals surface area contributed by atoms with E-state index in [0.717, 1.165) is 12.8 Å². The standard InChI is InChI=1S/C53H42/c1-5-16-42-35(4)34(3)36(6-2)32-51(42)39-18-15-19-41(31-39)53-48-25-13-11-23-46(48)52(47-24-12-14-26-49(47)53)38-29-27-37(28-30-38)50-33-40-17-7-8-20-43(40)44-21-9-10-22-45(44)50/h6-15,17-33H,2,5,16H2,1,3-4H3. The van der Waals surface area contributed by atoms with Crippen molar-refractivity contribution in [2.75, 3.05) is 0 Å². The van der Waals surface area contributed by atoms with E-state index in [1.807, 2.05) is 6.08 Å². The van der Waals surface area contributed by atoms with Gasteiger partial charge in [-0.2, -0.15) is 0 Å². The molecule has 9 rings (SSSR count). The summed E-state index contributed by atoms with van der Waals surface area (Å²) >= 11 is 0. The van der Waals surface area contributed by atoms with E-state index in [4.69, 9.17) is 0 Å². The maximum atomic E-state index is 4.15. The second-order valence-electron chi connectivity index (χ2n) is 14.4. The Kier molecular flexibility index (Phi) is 8.25. The van der Waals surface area contributed by atoms with E-state index >= 15 is 0 Å². The molecule has 0 nitrogen and oxygen atoms in total. The van der Waals surface area contributed by atoms with Crippen molar-refractivity contribution in [1.29, 1.82) is 0 Å². The van der Waals surface area contributed by atoms with Gasteiger partial charge in [-0.15, -0.1) is 0 Å². The van der Waals surface area contributed by atoms with Crippen LogP contribution in [0.1, 0.15) is 35.6 Å². The molecular weight excluding hydrogens is 637 g/mol. The molecule has 0 unspecified atom stereocenters. The van der Waals surface area contributed by atoms with Crippen LogP contribution < -0.4 is 0 Å². The van der Waals surface area contributed by atoms with Crippen molar-refractivity contribution in [3.63, 3.8) is 0 Å². The predicted molar refractivity (Wildman–Crippen MR) is 232 cm³/mol. The molecule has 0 heteroatoms. The van der Waals surface area contributed by atoms with Gasteiger partial charge in [0.15, 0.2) is 0 Å². The molecule has 0 aliphatic heterocycles. The van der Waals surface area contributed by atoms with Crippen LogP contribution in [0.3, 0.4) is 0 Å². The average molecular weight is 679 g/mol. The van der Waals surface area contributed by atoms with E-state index in [9.17, 15) is 0 Å². The van der Waals surface area contributed by atoms with Gasteiger partial charge in [-0.25, -0.2) is 0 Å². The van der Waals surface area contributed by atoms with Crippen LogP contribution >= 0.6 is 0 Å². The fourth-order valence-corrected chi connectivity index (χ4v) is 8.74. The first kappa shape index (κ1) is 32.7. The third-order valence-electron chi connectivity index (χ3n) is 11.4. The summed E-state index contributed by atoms with van der Waals surface area (Å²) in [5.41, 5.74) is 15.5. The number of hydrogen-bond acceptors (Lipinski definition) is 0. The van der Waals surface area contributed by atoms with Crippen molar-refractivity contribution < 1.29 is 0 Å². The van der Waals surface area contributed by atoms with Gasteiger partial charge in [0, 0.05) is 0 Å². The Hall–Kier alpha value is -6.24. The molecule has 9 aromatic carbocycles. The molecular formula is C53H42. The van der Waals surface area contributed by atoms with Gasteiger partial charge in [0.05, 0.1) is 0 Å². The van der Waals surface area contributed by atoms with Crippen LogP contribution in [0.4, 0.5) is 0 Å². The van der Waals surface area contributed by atoms with Crippen molar-refractivity contribution in [1.82, 2.24) is 0 Å². The molecule has 254 valence electrons. The summed E-state index contributed by atoms with van der Waals surface area (Å²) in [7, 11) is 0. The van der Waals surface area contributed by atoms with E-state index < -0.39 is 0 Å². The lowest BCUT2D eigenvalue weighted by atomic mass is 9.84. The lowest BCUT2D eigenvalue weighted by Crippen LogP contribution is -1.99. The van der Waals surface area contributed by atoms with E-state index in [1.165, 1.54) is 110 Å². The zero-order valence-electron chi connectivity index (χ0n) is 30.7. The molecule has 0 fully saturated rings. The van der Waals surface area contributed by atoms with Gasteiger partial charge < -0.3 is 0 Å². The third kappa shape index (κ3) is 5.45. The minimum Gasteiger partial charge on any atom is -0.0985 e. The zero-order valence-corrected chi connectivity index (χ0v) is 30.7. The van der Waals surface area contributed by atoms with E-state index in [-0.39, 0.29) is 0 Å². The van der Waals surface area contributed by atoms with E-state index in [0.29, 0.717) is 0 Å². The fourth-order valence-electron chi connectivity index (χ4n) is 8.74.